The van der Waals surface area contributed by atoms with Gasteiger partial charge < -0.3 is 10.2 Å². The number of hydrogen-bond donors (Lipinski definition) is 1. The Morgan fingerprint density at radius 3 is 2.59 bits per heavy atom. The normalized spacial score (nSPS) is 10.3. The number of anilines is 2. The minimum Gasteiger partial charge on any atom is -0.349 e. The Labute approximate surface area is 132 Å². The molecular weight excluding hydrogens is 306 g/mol. The molecule has 0 fully saturated rings. The fraction of sp³-hybridized carbons (Fsp3) is 0.200. The molecule has 0 saturated heterocycles. The van der Waals surface area contributed by atoms with Crippen molar-refractivity contribution in [2.75, 3.05) is 23.3 Å². The summed E-state index contributed by atoms with van der Waals surface area (Å²) < 4.78 is 30.6. The highest BCUT2D eigenvalue weighted by Gasteiger charge is 2.11. The van der Waals surface area contributed by atoms with Crippen molar-refractivity contribution in [1.29, 1.82) is 0 Å². The first-order chi connectivity index (χ1) is 10.6. The van der Waals surface area contributed by atoms with Crippen LogP contribution in [0, 0.1) is 11.6 Å². The maximum Gasteiger partial charge on any atom is 0.236 e. The highest BCUT2D eigenvalue weighted by atomic mass is 32.1. The Bertz CT molecular complexity index is 647. The second kappa shape index (κ2) is 7.65. The second-order valence-electron chi connectivity index (χ2n) is 4.47. The molecule has 0 atom stereocenters. The number of aromatic nitrogens is 2. The van der Waals surface area contributed by atoms with Gasteiger partial charge in [0.25, 0.3) is 0 Å². The number of halogens is 2. The lowest BCUT2D eigenvalue weighted by atomic mass is 10.2. The van der Waals surface area contributed by atoms with E-state index in [-0.39, 0.29) is 6.54 Å². The van der Waals surface area contributed by atoms with Gasteiger partial charge in [0.15, 0.2) is 0 Å². The second-order valence-corrected chi connectivity index (χ2v) is 5.20. The fourth-order valence-corrected chi connectivity index (χ4v) is 2.46. The van der Waals surface area contributed by atoms with Gasteiger partial charge in [-0.3, -0.25) is 0 Å². The molecule has 0 radical (unpaired) electrons. The third-order valence-corrected chi connectivity index (χ3v) is 3.61. The average Bonchev–Trinajstić information content (AvgIpc) is 2.95. The van der Waals surface area contributed by atoms with Crippen molar-refractivity contribution in [3.63, 3.8) is 0 Å². The molecule has 0 aliphatic carbocycles. The Kier molecular flexibility index (Phi) is 5.60. The van der Waals surface area contributed by atoms with Gasteiger partial charge in [-0.1, -0.05) is 18.2 Å². The molecule has 1 aromatic carbocycles. The molecule has 0 aliphatic heterocycles. The first-order valence-corrected chi connectivity index (χ1v) is 7.39. The maximum atomic E-state index is 13.5. The molecular formula is C15H16F2N4S. The van der Waals surface area contributed by atoms with Crippen molar-refractivity contribution in [2.45, 2.75) is 6.54 Å². The first kappa shape index (κ1) is 16.1. The van der Waals surface area contributed by atoms with Crippen LogP contribution < -0.4 is 10.2 Å². The summed E-state index contributed by atoms with van der Waals surface area (Å²) in [6.07, 6.45) is 3.54. The predicted octanol–water partition coefficient (Wildman–Crippen LogP) is 3.61. The van der Waals surface area contributed by atoms with Crippen molar-refractivity contribution in [2.24, 2.45) is 0 Å². The SMILES string of the molecule is C=CCN(CC=C)c1nc(NCc2ccc(F)cc2F)ns1. The average molecular weight is 322 g/mol. The lowest BCUT2D eigenvalue weighted by molar-refractivity contribution is 0.574. The van der Waals surface area contributed by atoms with Crippen LogP contribution in [0.25, 0.3) is 0 Å². The molecule has 1 N–H and O–H groups in total. The Balaban J connectivity index is 2.02. The Morgan fingerprint density at radius 2 is 1.95 bits per heavy atom. The zero-order chi connectivity index (χ0) is 15.9. The largest absolute Gasteiger partial charge is 0.349 e. The van der Waals surface area contributed by atoms with Crippen LogP contribution in [0.2, 0.25) is 0 Å². The van der Waals surface area contributed by atoms with Crippen LogP contribution in [0.4, 0.5) is 19.9 Å². The standard InChI is InChI=1S/C15H16F2N4S/c1-3-7-21(8-4-2)15-19-14(20-22-15)18-10-11-5-6-12(16)9-13(11)17/h3-6,9H,1-2,7-8,10H2,(H,18,20). The smallest absolute Gasteiger partial charge is 0.236 e. The van der Waals surface area contributed by atoms with Gasteiger partial charge in [-0.25, -0.2) is 8.78 Å². The van der Waals surface area contributed by atoms with Gasteiger partial charge in [0.1, 0.15) is 11.6 Å². The van der Waals surface area contributed by atoms with Gasteiger partial charge in [0.05, 0.1) is 0 Å². The van der Waals surface area contributed by atoms with Gasteiger partial charge in [-0.05, 0) is 6.07 Å². The van der Waals surface area contributed by atoms with Crippen LogP contribution in [0.3, 0.4) is 0 Å². The van der Waals surface area contributed by atoms with E-state index in [2.05, 4.69) is 27.8 Å². The van der Waals surface area contributed by atoms with Crippen molar-refractivity contribution >= 4 is 22.6 Å². The molecule has 4 nitrogen and oxygen atoms in total. The highest BCUT2D eigenvalue weighted by Crippen LogP contribution is 2.20. The third-order valence-electron chi connectivity index (χ3n) is 2.84. The van der Waals surface area contributed by atoms with Crippen LogP contribution >= 0.6 is 11.5 Å². The number of rotatable bonds is 8. The summed E-state index contributed by atoms with van der Waals surface area (Å²) in [5.74, 6) is -0.787. The van der Waals surface area contributed by atoms with E-state index in [0.717, 1.165) is 11.2 Å². The van der Waals surface area contributed by atoms with E-state index in [1.807, 2.05) is 4.90 Å². The molecule has 1 heterocycles. The van der Waals surface area contributed by atoms with Gasteiger partial charge in [-0.2, -0.15) is 9.36 Å². The molecule has 2 rings (SSSR count). The zero-order valence-electron chi connectivity index (χ0n) is 11.9. The minimum absolute atomic E-state index is 0.186. The molecule has 0 bridgehead atoms. The number of nitrogens with one attached hydrogen (secondary N) is 1. The first-order valence-electron chi connectivity index (χ1n) is 6.62. The van der Waals surface area contributed by atoms with E-state index < -0.39 is 11.6 Å². The summed E-state index contributed by atoms with van der Waals surface area (Å²) in [6, 6.07) is 3.47. The molecule has 0 amide bonds. The summed E-state index contributed by atoms with van der Waals surface area (Å²) in [5, 5.41) is 3.65. The van der Waals surface area contributed by atoms with E-state index in [4.69, 9.17) is 0 Å². The van der Waals surface area contributed by atoms with Crippen LogP contribution in [-0.4, -0.2) is 22.4 Å². The molecule has 22 heavy (non-hydrogen) atoms. The molecule has 0 aliphatic rings. The summed E-state index contributed by atoms with van der Waals surface area (Å²) in [7, 11) is 0. The molecule has 0 unspecified atom stereocenters. The number of hydrogen-bond acceptors (Lipinski definition) is 5. The Hall–Kier alpha value is -2.28. The molecule has 0 spiro atoms. The van der Waals surface area contributed by atoms with Crippen molar-refractivity contribution < 1.29 is 8.78 Å². The van der Waals surface area contributed by atoms with Gasteiger partial charge in [-0.15, -0.1) is 13.2 Å². The Morgan fingerprint density at radius 1 is 1.23 bits per heavy atom. The molecule has 2 aromatic rings. The number of nitrogens with zero attached hydrogens (tertiary/aromatic N) is 3. The lowest BCUT2D eigenvalue weighted by Crippen LogP contribution is -2.22. The predicted molar refractivity (Wildman–Crippen MR) is 86.2 cm³/mol. The fourth-order valence-electron chi connectivity index (χ4n) is 1.80. The molecule has 7 heteroatoms. The number of benzene rings is 1. The lowest BCUT2D eigenvalue weighted by Gasteiger charge is -2.16. The third kappa shape index (κ3) is 4.11. The zero-order valence-corrected chi connectivity index (χ0v) is 12.7. The van der Waals surface area contributed by atoms with Crippen LogP contribution in [-0.2, 0) is 6.54 Å². The van der Waals surface area contributed by atoms with Crippen LogP contribution in [0.5, 0.6) is 0 Å². The minimum atomic E-state index is -0.597. The van der Waals surface area contributed by atoms with E-state index in [0.29, 0.717) is 24.6 Å². The van der Waals surface area contributed by atoms with Crippen LogP contribution in [0.15, 0.2) is 43.5 Å². The van der Waals surface area contributed by atoms with Crippen molar-refractivity contribution in [3.8, 4) is 0 Å². The molecule has 0 saturated carbocycles. The monoisotopic (exact) mass is 322 g/mol. The topological polar surface area (TPSA) is 41.1 Å². The van der Waals surface area contributed by atoms with Gasteiger partial charge in [0.2, 0.25) is 11.1 Å². The van der Waals surface area contributed by atoms with E-state index >= 15 is 0 Å². The van der Waals surface area contributed by atoms with E-state index in [1.54, 1.807) is 12.2 Å². The summed E-state index contributed by atoms with van der Waals surface area (Å²) >= 11 is 1.23. The van der Waals surface area contributed by atoms with Crippen molar-refractivity contribution in [1.82, 2.24) is 9.36 Å². The maximum absolute atomic E-state index is 13.5. The van der Waals surface area contributed by atoms with E-state index in [1.165, 1.54) is 23.7 Å². The van der Waals surface area contributed by atoms with Crippen LogP contribution in [0.1, 0.15) is 5.56 Å². The summed E-state index contributed by atoms with van der Waals surface area (Å²) in [6.45, 7) is 8.85. The molecule has 116 valence electrons. The van der Waals surface area contributed by atoms with Gasteiger partial charge >= 0.3 is 0 Å². The summed E-state index contributed by atoms with van der Waals surface area (Å²) in [4.78, 5) is 6.30. The molecule has 1 aromatic heterocycles. The summed E-state index contributed by atoms with van der Waals surface area (Å²) in [5.41, 5.74) is 0.354. The quantitative estimate of drug-likeness (QED) is 0.754. The highest BCUT2D eigenvalue weighted by molar-refractivity contribution is 7.09. The van der Waals surface area contributed by atoms with E-state index in [9.17, 15) is 8.78 Å². The van der Waals surface area contributed by atoms with Gasteiger partial charge in [0, 0.05) is 42.8 Å². The van der Waals surface area contributed by atoms with Crippen molar-refractivity contribution in [3.05, 3.63) is 60.7 Å².